The van der Waals surface area contributed by atoms with Crippen LogP contribution in [0.15, 0.2) is 23.1 Å². The van der Waals surface area contributed by atoms with E-state index < -0.39 is 10.0 Å². The molecule has 0 unspecified atom stereocenters. The van der Waals surface area contributed by atoms with E-state index in [-0.39, 0.29) is 11.5 Å². The maximum Gasteiger partial charge on any atom is 0.243 e. The second kappa shape index (κ2) is 6.43. The zero-order valence-electron chi connectivity index (χ0n) is 11.5. The topological polar surface area (TPSA) is 57.6 Å². The predicted octanol–water partition coefficient (Wildman–Crippen LogP) is 2.64. The standard InChI is InChI=1S/C14H20ClNO3S/c1-2-11-5-7-16(8-6-11)20(18,19)13-3-4-14(15)12(9-13)10-17/h3-4,9,11,17H,2,5-8,10H2,1H3. The van der Waals surface area contributed by atoms with Crippen molar-refractivity contribution in [3.05, 3.63) is 28.8 Å². The lowest BCUT2D eigenvalue weighted by molar-refractivity contribution is 0.268. The zero-order chi connectivity index (χ0) is 14.8. The van der Waals surface area contributed by atoms with Crippen molar-refractivity contribution < 1.29 is 13.5 Å². The summed E-state index contributed by atoms with van der Waals surface area (Å²) in [6.07, 6.45) is 2.93. The van der Waals surface area contributed by atoms with E-state index in [4.69, 9.17) is 11.6 Å². The summed E-state index contributed by atoms with van der Waals surface area (Å²) >= 11 is 5.90. The molecular formula is C14H20ClNO3S. The molecule has 1 saturated heterocycles. The third-order valence-corrected chi connectivity index (χ3v) is 6.24. The van der Waals surface area contributed by atoms with Gasteiger partial charge in [0.1, 0.15) is 0 Å². The van der Waals surface area contributed by atoms with E-state index in [2.05, 4.69) is 6.92 Å². The van der Waals surface area contributed by atoms with Gasteiger partial charge in [0, 0.05) is 18.1 Å². The van der Waals surface area contributed by atoms with Gasteiger partial charge in [-0.1, -0.05) is 24.9 Å². The maximum absolute atomic E-state index is 12.6. The molecule has 0 bridgehead atoms. The average molecular weight is 318 g/mol. The zero-order valence-corrected chi connectivity index (χ0v) is 13.1. The van der Waals surface area contributed by atoms with Gasteiger partial charge in [0.2, 0.25) is 10.0 Å². The summed E-state index contributed by atoms with van der Waals surface area (Å²) in [5.41, 5.74) is 0.441. The van der Waals surface area contributed by atoms with Crippen molar-refractivity contribution in [1.82, 2.24) is 4.31 Å². The van der Waals surface area contributed by atoms with E-state index in [0.29, 0.717) is 29.6 Å². The molecule has 20 heavy (non-hydrogen) atoms. The van der Waals surface area contributed by atoms with Crippen LogP contribution in [0.5, 0.6) is 0 Å². The third-order valence-electron chi connectivity index (χ3n) is 3.98. The molecule has 2 rings (SSSR count). The summed E-state index contributed by atoms with van der Waals surface area (Å²) < 4.78 is 26.7. The normalized spacial score (nSPS) is 18.4. The highest BCUT2D eigenvalue weighted by Crippen LogP contribution is 2.27. The van der Waals surface area contributed by atoms with Crippen LogP contribution in [0.4, 0.5) is 0 Å². The summed E-state index contributed by atoms with van der Waals surface area (Å²) in [6, 6.07) is 4.49. The monoisotopic (exact) mass is 317 g/mol. The summed E-state index contributed by atoms with van der Waals surface area (Å²) in [5.74, 6) is 0.625. The highest BCUT2D eigenvalue weighted by molar-refractivity contribution is 7.89. The fourth-order valence-electron chi connectivity index (χ4n) is 2.54. The van der Waals surface area contributed by atoms with E-state index in [1.54, 1.807) is 0 Å². The first-order valence-corrected chi connectivity index (χ1v) is 8.70. The van der Waals surface area contributed by atoms with Gasteiger partial charge in [0.15, 0.2) is 0 Å². The summed E-state index contributed by atoms with van der Waals surface area (Å²) in [4.78, 5) is 0.209. The Bertz CT molecular complexity index is 566. The molecule has 1 aromatic carbocycles. The number of piperidine rings is 1. The summed E-state index contributed by atoms with van der Waals surface area (Å²) in [7, 11) is -3.48. The Balaban J connectivity index is 2.22. The smallest absolute Gasteiger partial charge is 0.243 e. The largest absolute Gasteiger partial charge is 0.392 e. The molecule has 0 saturated carbocycles. The molecule has 0 radical (unpaired) electrons. The first-order valence-electron chi connectivity index (χ1n) is 6.88. The molecule has 0 aliphatic carbocycles. The van der Waals surface area contributed by atoms with Gasteiger partial charge < -0.3 is 5.11 Å². The lowest BCUT2D eigenvalue weighted by atomic mass is 9.96. The van der Waals surface area contributed by atoms with Crippen LogP contribution >= 0.6 is 11.6 Å². The maximum atomic E-state index is 12.6. The highest BCUT2D eigenvalue weighted by atomic mass is 35.5. The Kier molecular flexibility index (Phi) is 5.07. The molecule has 0 spiro atoms. The van der Waals surface area contributed by atoms with Gasteiger partial charge in [-0.05, 0) is 42.5 Å². The quantitative estimate of drug-likeness (QED) is 0.928. The molecule has 1 heterocycles. The Morgan fingerprint density at radius 1 is 1.35 bits per heavy atom. The minimum atomic E-state index is -3.48. The predicted molar refractivity (Wildman–Crippen MR) is 79.1 cm³/mol. The van der Waals surface area contributed by atoms with Crippen LogP contribution in [0.3, 0.4) is 0 Å². The number of sulfonamides is 1. The molecule has 0 atom stereocenters. The molecule has 1 N–H and O–H groups in total. The van der Waals surface area contributed by atoms with Crippen molar-refractivity contribution in [1.29, 1.82) is 0 Å². The number of aliphatic hydroxyl groups is 1. The van der Waals surface area contributed by atoms with Crippen LogP contribution in [0, 0.1) is 5.92 Å². The van der Waals surface area contributed by atoms with Gasteiger partial charge in [0.05, 0.1) is 11.5 Å². The minimum absolute atomic E-state index is 0.209. The summed E-state index contributed by atoms with van der Waals surface area (Å²) in [6.45, 7) is 3.01. The Morgan fingerprint density at radius 2 is 2.00 bits per heavy atom. The van der Waals surface area contributed by atoms with Crippen molar-refractivity contribution in [2.75, 3.05) is 13.1 Å². The lowest BCUT2D eigenvalue weighted by Gasteiger charge is -2.30. The number of rotatable bonds is 4. The van der Waals surface area contributed by atoms with Gasteiger partial charge in [-0.2, -0.15) is 4.31 Å². The first-order chi connectivity index (χ1) is 9.48. The Hall–Kier alpha value is -0.620. The van der Waals surface area contributed by atoms with Crippen LogP contribution < -0.4 is 0 Å². The molecule has 6 heteroatoms. The van der Waals surface area contributed by atoms with Gasteiger partial charge >= 0.3 is 0 Å². The molecular weight excluding hydrogens is 298 g/mol. The van der Waals surface area contributed by atoms with Gasteiger partial charge in [-0.3, -0.25) is 0 Å². The second-order valence-corrected chi connectivity index (χ2v) is 7.51. The van der Waals surface area contributed by atoms with Gasteiger partial charge in [-0.15, -0.1) is 0 Å². The van der Waals surface area contributed by atoms with Crippen LogP contribution in [-0.4, -0.2) is 30.9 Å². The average Bonchev–Trinajstić information content (AvgIpc) is 2.47. The Labute approximate surface area is 125 Å². The molecule has 1 aromatic rings. The molecule has 1 fully saturated rings. The van der Waals surface area contributed by atoms with E-state index in [9.17, 15) is 13.5 Å². The fourth-order valence-corrected chi connectivity index (χ4v) is 4.24. The van der Waals surface area contributed by atoms with Crippen LogP contribution in [0.25, 0.3) is 0 Å². The van der Waals surface area contributed by atoms with Crippen molar-refractivity contribution in [2.45, 2.75) is 37.7 Å². The van der Waals surface area contributed by atoms with E-state index >= 15 is 0 Å². The Morgan fingerprint density at radius 3 is 2.55 bits per heavy atom. The minimum Gasteiger partial charge on any atom is -0.392 e. The van der Waals surface area contributed by atoms with Crippen LogP contribution in [0.2, 0.25) is 5.02 Å². The number of halogens is 1. The highest BCUT2D eigenvalue weighted by Gasteiger charge is 2.29. The number of hydrogen-bond acceptors (Lipinski definition) is 3. The lowest BCUT2D eigenvalue weighted by Crippen LogP contribution is -2.38. The molecule has 1 aliphatic heterocycles. The van der Waals surface area contributed by atoms with Gasteiger partial charge in [0.25, 0.3) is 0 Å². The molecule has 1 aliphatic rings. The number of aliphatic hydroxyl groups excluding tert-OH is 1. The van der Waals surface area contributed by atoms with Crippen molar-refractivity contribution in [3.63, 3.8) is 0 Å². The van der Waals surface area contributed by atoms with E-state index in [0.717, 1.165) is 19.3 Å². The van der Waals surface area contributed by atoms with Crippen molar-refractivity contribution in [3.8, 4) is 0 Å². The van der Waals surface area contributed by atoms with E-state index in [1.165, 1.54) is 22.5 Å². The number of benzene rings is 1. The molecule has 0 amide bonds. The SMILES string of the molecule is CCC1CCN(S(=O)(=O)c2ccc(Cl)c(CO)c2)CC1. The van der Waals surface area contributed by atoms with Crippen molar-refractivity contribution >= 4 is 21.6 Å². The van der Waals surface area contributed by atoms with Crippen LogP contribution in [-0.2, 0) is 16.6 Å². The molecule has 4 nitrogen and oxygen atoms in total. The molecule has 112 valence electrons. The molecule has 0 aromatic heterocycles. The number of nitrogens with zero attached hydrogens (tertiary/aromatic N) is 1. The van der Waals surface area contributed by atoms with Crippen LogP contribution in [0.1, 0.15) is 31.7 Å². The van der Waals surface area contributed by atoms with E-state index in [1.807, 2.05) is 0 Å². The third kappa shape index (κ3) is 3.17. The number of hydrogen-bond donors (Lipinski definition) is 1. The van der Waals surface area contributed by atoms with Crippen molar-refractivity contribution in [2.24, 2.45) is 5.92 Å². The second-order valence-electron chi connectivity index (χ2n) is 5.17. The fraction of sp³-hybridized carbons (Fsp3) is 0.571. The van der Waals surface area contributed by atoms with Gasteiger partial charge in [-0.25, -0.2) is 8.42 Å². The summed E-state index contributed by atoms with van der Waals surface area (Å²) in [5, 5.41) is 9.58. The first kappa shape index (κ1) is 15.8.